The van der Waals surface area contributed by atoms with E-state index in [0.717, 1.165) is 116 Å². The molecule has 1 aliphatic rings. The lowest BCUT2D eigenvalue weighted by Gasteiger charge is -2.43. The van der Waals surface area contributed by atoms with Crippen LogP contribution in [0.3, 0.4) is 0 Å². The minimum absolute atomic E-state index is 0. The molecule has 22 nitrogen and oxygen atoms in total. The monoisotopic (exact) mass is 1710 g/mol. The topological polar surface area (TPSA) is 324 Å². The summed E-state index contributed by atoms with van der Waals surface area (Å²) in [5.74, 6) is 0. The summed E-state index contributed by atoms with van der Waals surface area (Å²) in [5, 5.41) is 103. The third-order valence-electron chi connectivity index (χ3n) is 26.1. The molecule has 118 heavy (non-hydrogen) atoms. The summed E-state index contributed by atoms with van der Waals surface area (Å²) in [6.07, 6.45) is 15.0. The summed E-state index contributed by atoms with van der Waals surface area (Å²) in [6, 6.07) is 0. The first-order chi connectivity index (χ1) is 54.8. The zero-order chi connectivity index (χ0) is 92.6. The van der Waals surface area contributed by atoms with Gasteiger partial charge in [-0.25, -0.2) is 0 Å². The fraction of sp³-hybridized carbons (Fsp3) is 1.00. The first-order valence-corrected chi connectivity index (χ1v) is 45.9. The van der Waals surface area contributed by atoms with Crippen LogP contribution in [-0.4, -0.2) is 267 Å². The summed E-state index contributed by atoms with van der Waals surface area (Å²) < 4.78 is 64.2. The predicted molar refractivity (Wildman–Crippen MR) is 486 cm³/mol. The molecule has 1 fully saturated rings. The normalized spacial score (nSPS) is 14.8. The molecule has 11 N–H and O–H groups in total. The molecular weight excluding hydrogens is 1510 g/mol. The Labute approximate surface area is 728 Å². The number of ether oxygens (including phenoxy) is 11. The van der Waals surface area contributed by atoms with E-state index >= 15 is 0 Å². The van der Waals surface area contributed by atoms with Gasteiger partial charge in [0.2, 0.25) is 0 Å². The molecule has 718 valence electrons. The van der Waals surface area contributed by atoms with Crippen molar-refractivity contribution < 1.29 is 110 Å². The fourth-order valence-corrected chi connectivity index (χ4v) is 12.0. The highest BCUT2D eigenvalue weighted by Crippen LogP contribution is 2.39. The van der Waals surface area contributed by atoms with Crippen LogP contribution in [0.25, 0.3) is 0 Å². The highest BCUT2D eigenvalue weighted by atomic mass is 16.7. The van der Waals surface area contributed by atoms with Crippen molar-refractivity contribution in [2.75, 3.05) is 205 Å². The summed E-state index contributed by atoms with van der Waals surface area (Å²) in [6.45, 7) is 79.9. The highest BCUT2D eigenvalue weighted by molar-refractivity contribution is 4.86. The van der Waals surface area contributed by atoms with Gasteiger partial charge in [-0.05, 0) is 103 Å². The quantitative estimate of drug-likeness (QED) is 0.0269. The van der Waals surface area contributed by atoms with Crippen LogP contribution in [0.15, 0.2) is 0 Å². The summed E-state index contributed by atoms with van der Waals surface area (Å²) in [5.41, 5.74) is -1.84. The van der Waals surface area contributed by atoms with Crippen molar-refractivity contribution in [2.24, 2.45) is 86.6 Å². The second-order valence-electron chi connectivity index (χ2n) is 41.9. The predicted octanol–water partition coefficient (Wildman–Crippen LogP) is 17.1. The van der Waals surface area contributed by atoms with Crippen molar-refractivity contribution in [3.05, 3.63) is 0 Å². The summed E-state index contributed by atoms with van der Waals surface area (Å²) in [7, 11) is 0. The van der Waals surface area contributed by atoms with Crippen LogP contribution < -0.4 is 0 Å². The van der Waals surface area contributed by atoms with Gasteiger partial charge >= 0.3 is 1.43 Å². The van der Waals surface area contributed by atoms with Crippen LogP contribution in [0.2, 0.25) is 0 Å². The number of hydrogen-bond acceptors (Lipinski definition) is 22. The standard InChI is InChI=1S/2C19H40O4.2C17H36O4.C12H24O3.C12H26O3/c1-7-18(8-2,11-20)15-22-13-17(5,6)14-23-16-19(9-3,10-4)12-21;1-7-18(8-2,12-21)14-23-16-19(9-3,10-4)15-22-13-17(5,6)11-20;1-7-17(8-2,10-19)14-21-13-16(5,6)12-20-11-15(3,4)9-18;1-7-17(8-2,13-20-11-15(3,4)9-18)14-21-12-16(5,6)10-19;1-5-12(6-2)8-14-10(15-9-12)11(3,4)7-13;1-5-12(6-2,8-14)10-15-9-11(3,4)7-13/h2*20-21H,7-16H2,1-6H3;2*18-19H,7-14H2,1-6H3;10,13H,5-9H2,1-4H3;13-14H,5-10H2,1-4H3/p+1. The molecule has 1 saturated heterocycles. The van der Waals surface area contributed by atoms with E-state index in [0.29, 0.717) is 119 Å². The van der Waals surface area contributed by atoms with Gasteiger partial charge in [0.1, 0.15) is 0 Å². The Kier molecular flexibility index (Phi) is 67.2. The Morgan fingerprint density at radius 1 is 0.212 bits per heavy atom. The van der Waals surface area contributed by atoms with Crippen molar-refractivity contribution in [2.45, 2.75) is 331 Å². The Morgan fingerprint density at radius 3 is 0.492 bits per heavy atom. The van der Waals surface area contributed by atoms with E-state index < -0.39 is 0 Å². The van der Waals surface area contributed by atoms with Crippen LogP contribution in [0.5, 0.6) is 0 Å². The van der Waals surface area contributed by atoms with Crippen LogP contribution in [0.4, 0.5) is 0 Å². The Balaban J connectivity index is -0.000000324. The molecule has 0 aromatic carbocycles. The van der Waals surface area contributed by atoms with Crippen molar-refractivity contribution in [3.63, 3.8) is 0 Å². The third-order valence-corrected chi connectivity index (χ3v) is 26.1. The maximum atomic E-state index is 9.65. The zero-order valence-electron chi connectivity index (χ0n) is 84.2. The molecule has 0 saturated carbocycles. The fourth-order valence-electron chi connectivity index (χ4n) is 12.0. The van der Waals surface area contributed by atoms with Crippen molar-refractivity contribution in [1.29, 1.82) is 0 Å². The molecule has 0 unspecified atom stereocenters. The maximum absolute atomic E-state index is 9.65. The maximum Gasteiger partial charge on any atom is 1.00 e. The lowest BCUT2D eigenvalue weighted by atomic mass is 9.82. The lowest BCUT2D eigenvalue weighted by molar-refractivity contribution is -0.274. The largest absolute Gasteiger partial charge is 1.00 e. The van der Waals surface area contributed by atoms with Crippen molar-refractivity contribution in [3.8, 4) is 0 Å². The molecule has 1 aliphatic heterocycles. The van der Waals surface area contributed by atoms with E-state index in [1.165, 1.54) is 0 Å². The van der Waals surface area contributed by atoms with Gasteiger partial charge in [-0.3, -0.25) is 0 Å². The van der Waals surface area contributed by atoms with E-state index in [1.54, 1.807) is 0 Å². The van der Waals surface area contributed by atoms with Gasteiger partial charge in [0.25, 0.3) is 0 Å². The van der Waals surface area contributed by atoms with Gasteiger partial charge in [0.05, 0.1) is 205 Å². The molecular formula is C96H203O22+. The van der Waals surface area contributed by atoms with E-state index in [4.69, 9.17) is 57.2 Å². The molecule has 0 radical (unpaired) electrons. The summed E-state index contributed by atoms with van der Waals surface area (Å²) in [4.78, 5) is 0. The molecule has 0 atom stereocenters. The van der Waals surface area contributed by atoms with Crippen LogP contribution in [-0.2, 0) is 52.1 Å². The van der Waals surface area contributed by atoms with Crippen molar-refractivity contribution >= 4 is 0 Å². The minimum Gasteiger partial charge on any atom is -0.396 e. The highest BCUT2D eigenvalue weighted by Gasteiger charge is 2.41. The SMILES string of the molecule is CCC(CC)(CO)COCC(C)(C)CO.CCC(CC)(CO)COCC(C)(C)COCC(C)(C)CO.CCC(CC)(CO)COCC(C)(C)COCC(CC)(CC)CO.CCC(CC)(CO)COCC(CC)(CC)COCC(C)(C)CO.CCC(CC)(COCC(C)(C)CO)COCC(C)(C)CO.CCC1(CC)COC(C(C)(C)CO)OC1.[H+]. The molecule has 0 aromatic heterocycles. The van der Waals surface area contributed by atoms with Gasteiger partial charge in [0, 0.05) is 86.6 Å². The van der Waals surface area contributed by atoms with Gasteiger partial charge in [-0.2, -0.15) is 0 Å². The van der Waals surface area contributed by atoms with Gasteiger partial charge in [0.15, 0.2) is 6.29 Å². The number of aliphatic hydroxyl groups is 11. The van der Waals surface area contributed by atoms with Crippen LogP contribution in [0, 0.1) is 86.6 Å². The third kappa shape index (κ3) is 51.8. The average Bonchev–Trinajstić information content (AvgIpc) is 0.812. The van der Waals surface area contributed by atoms with Crippen LogP contribution >= 0.6 is 0 Å². The molecule has 0 aliphatic carbocycles. The Bertz CT molecular complexity index is 2180. The van der Waals surface area contributed by atoms with Gasteiger partial charge < -0.3 is 108 Å². The first-order valence-electron chi connectivity index (χ1n) is 45.9. The van der Waals surface area contributed by atoms with Gasteiger partial charge in [-0.15, -0.1) is 0 Å². The molecule has 0 spiro atoms. The van der Waals surface area contributed by atoms with E-state index in [-0.39, 0.29) is 167 Å². The number of aliphatic hydroxyl groups excluding tert-OH is 11. The molecule has 0 amide bonds. The second-order valence-corrected chi connectivity index (χ2v) is 41.9. The Morgan fingerprint density at radius 2 is 0.356 bits per heavy atom. The molecule has 22 heteroatoms. The second kappa shape index (κ2) is 63.1. The molecule has 1 rings (SSSR count). The lowest BCUT2D eigenvalue weighted by Crippen LogP contribution is -2.47. The molecule has 0 bridgehead atoms. The average molecular weight is 1710 g/mol. The molecule has 0 aromatic rings. The zero-order valence-corrected chi connectivity index (χ0v) is 83.2. The van der Waals surface area contributed by atoms with E-state index in [9.17, 15) is 51.1 Å². The van der Waals surface area contributed by atoms with Crippen molar-refractivity contribution in [1.82, 2.24) is 0 Å². The molecule has 1 heterocycles. The summed E-state index contributed by atoms with van der Waals surface area (Å²) >= 11 is 0. The van der Waals surface area contributed by atoms with Crippen LogP contribution in [0.1, 0.15) is 326 Å². The van der Waals surface area contributed by atoms with Gasteiger partial charge in [-0.1, -0.05) is 222 Å². The van der Waals surface area contributed by atoms with E-state index in [1.807, 2.05) is 83.1 Å². The number of hydrogen-bond donors (Lipinski definition) is 11. The minimum atomic E-state index is -0.312. The Hall–Kier alpha value is -0.880. The first kappa shape index (κ1) is 126. The smallest absolute Gasteiger partial charge is 0.396 e. The van der Waals surface area contributed by atoms with E-state index in [2.05, 4.69) is 138 Å². The number of rotatable bonds is 64.